The molecule has 0 spiro atoms. The Morgan fingerprint density at radius 3 is 2.77 bits per heavy atom. The summed E-state index contributed by atoms with van der Waals surface area (Å²) in [6.07, 6.45) is -2.05. The lowest BCUT2D eigenvalue weighted by molar-refractivity contribution is -0.127. The highest BCUT2D eigenvalue weighted by molar-refractivity contribution is 9.11. The summed E-state index contributed by atoms with van der Waals surface area (Å²) in [5.74, 6) is 0. The van der Waals surface area contributed by atoms with Gasteiger partial charge in [0.05, 0.1) is 6.42 Å². The fraction of sp³-hybridized carbons (Fsp3) is 0.286. The molecule has 0 aliphatic carbocycles. The zero-order valence-corrected chi connectivity index (χ0v) is 8.71. The van der Waals surface area contributed by atoms with E-state index in [0.717, 1.165) is 11.3 Å². The number of nitrogens with zero attached hydrogens (tertiary/aromatic N) is 1. The van der Waals surface area contributed by atoms with Crippen LogP contribution in [-0.4, -0.2) is 11.2 Å². The highest BCUT2D eigenvalue weighted by Gasteiger charge is 2.29. The predicted molar refractivity (Wildman–Crippen MR) is 49.8 cm³/mol. The van der Waals surface area contributed by atoms with Crippen LogP contribution in [0.1, 0.15) is 9.88 Å². The first-order valence-corrected chi connectivity index (χ1v) is 5.03. The van der Waals surface area contributed by atoms with Crippen molar-refractivity contribution in [2.45, 2.75) is 12.6 Å². The van der Waals surface area contributed by atoms with E-state index >= 15 is 0 Å². The minimum atomic E-state index is -4.17. The van der Waals surface area contributed by atoms with Crippen molar-refractivity contribution >= 4 is 33.3 Å². The molecule has 0 unspecified atom stereocenters. The standard InChI is InChI=1S/C7H5BrF3NS/c8-2-1-5-4-12-6(13-5)3-7(9,10)11/h1-2,4H,3H2/b2-1+. The molecule has 0 amide bonds. The second-order valence-electron chi connectivity index (χ2n) is 2.24. The Morgan fingerprint density at radius 2 is 2.23 bits per heavy atom. The molecule has 0 bridgehead atoms. The third kappa shape index (κ3) is 3.91. The Kier molecular flexibility index (Phi) is 3.49. The highest BCUT2D eigenvalue weighted by Crippen LogP contribution is 2.24. The molecule has 0 fully saturated rings. The summed E-state index contributed by atoms with van der Waals surface area (Å²) in [5, 5.41) is 0.0908. The van der Waals surface area contributed by atoms with E-state index in [-0.39, 0.29) is 5.01 Å². The van der Waals surface area contributed by atoms with Crippen molar-refractivity contribution in [3.8, 4) is 0 Å². The molecule has 13 heavy (non-hydrogen) atoms. The summed E-state index contributed by atoms with van der Waals surface area (Å²) in [6.45, 7) is 0. The highest BCUT2D eigenvalue weighted by atomic mass is 79.9. The minimum Gasteiger partial charge on any atom is -0.249 e. The quantitative estimate of drug-likeness (QED) is 0.801. The monoisotopic (exact) mass is 271 g/mol. The molecule has 1 aromatic heterocycles. The molecule has 0 saturated heterocycles. The van der Waals surface area contributed by atoms with Gasteiger partial charge in [-0.3, -0.25) is 0 Å². The second-order valence-corrected chi connectivity index (χ2v) is 3.92. The van der Waals surface area contributed by atoms with Crippen LogP contribution in [0, 0.1) is 0 Å². The first kappa shape index (κ1) is 10.7. The number of hydrogen-bond acceptors (Lipinski definition) is 2. The van der Waals surface area contributed by atoms with Crippen LogP contribution >= 0.6 is 27.3 Å². The van der Waals surface area contributed by atoms with E-state index in [9.17, 15) is 13.2 Å². The molecule has 0 radical (unpaired) electrons. The van der Waals surface area contributed by atoms with Crippen molar-refractivity contribution < 1.29 is 13.2 Å². The van der Waals surface area contributed by atoms with Gasteiger partial charge >= 0.3 is 6.18 Å². The van der Waals surface area contributed by atoms with Crippen molar-refractivity contribution in [3.05, 3.63) is 21.1 Å². The Bertz CT molecular complexity index is 305. The summed E-state index contributed by atoms with van der Waals surface area (Å²) < 4.78 is 35.6. The van der Waals surface area contributed by atoms with Crippen LogP contribution in [0.3, 0.4) is 0 Å². The minimum absolute atomic E-state index is 0.0908. The zero-order valence-electron chi connectivity index (χ0n) is 6.31. The van der Waals surface area contributed by atoms with Crippen LogP contribution in [0.15, 0.2) is 11.2 Å². The first-order chi connectivity index (χ1) is 6.01. The Balaban J connectivity index is 2.69. The molecule has 1 aromatic rings. The number of rotatable bonds is 2. The van der Waals surface area contributed by atoms with Crippen LogP contribution in [0.4, 0.5) is 13.2 Å². The third-order valence-corrected chi connectivity index (χ3v) is 2.38. The van der Waals surface area contributed by atoms with E-state index < -0.39 is 12.6 Å². The molecule has 72 valence electrons. The molecule has 0 saturated carbocycles. The van der Waals surface area contributed by atoms with E-state index in [0.29, 0.717) is 4.88 Å². The predicted octanol–water partition coefficient (Wildman–Crippen LogP) is 3.61. The lowest BCUT2D eigenvalue weighted by Gasteiger charge is -2.01. The van der Waals surface area contributed by atoms with Gasteiger partial charge in [-0.05, 0) is 11.1 Å². The molecular weight excluding hydrogens is 267 g/mol. The van der Waals surface area contributed by atoms with Crippen LogP contribution in [0.25, 0.3) is 6.08 Å². The molecule has 6 heteroatoms. The summed E-state index contributed by atoms with van der Waals surface area (Å²) >= 11 is 4.07. The van der Waals surface area contributed by atoms with E-state index in [4.69, 9.17) is 0 Å². The van der Waals surface area contributed by atoms with Crippen LogP contribution in [-0.2, 0) is 6.42 Å². The number of aromatic nitrogens is 1. The fourth-order valence-electron chi connectivity index (χ4n) is 0.717. The first-order valence-electron chi connectivity index (χ1n) is 3.29. The summed E-state index contributed by atoms with van der Waals surface area (Å²) in [6, 6.07) is 0. The van der Waals surface area contributed by atoms with Crippen molar-refractivity contribution in [1.29, 1.82) is 0 Å². The molecule has 1 heterocycles. The fourth-order valence-corrected chi connectivity index (χ4v) is 2.03. The smallest absolute Gasteiger partial charge is 0.249 e. The van der Waals surface area contributed by atoms with Crippen molar-refractivity contribution in [2.24, 2.45) is 0 Å². The van der Waals surface area contributed by atoms with Crippen molar-refractivity contribution in [1.82, 2.24) is 4.98 Å². The molecular formula is C7H5BrF3NS. The average Bonchev–Trinajstić information content (AvgIpc) is 2.33. The van der Waals surface area contributed by atoms with Crippen molar-refractivity contribution in [2.75, 3.05) is 0 Å². The van der Waals surface area contributed by atoms with Crippen LogP contribution in [0.2, 0.25) is 0 Å². The normalized spacial score (nSPS) is 12.6. The summed E-state index contributed by atoms with van der Waals surface area (Å²) in [7, 11) is 0. The molecule has 0 N–H and O–H groups in total. The number of hydrogen-bond donors (Lipinski definition) is 0. The maximum Gasteiger partial charge on any atom is 0.395 e. The van der Waals surface area contributed by atoms with Gasteiger partial charge in [-0.1, -0.05) is 15.9 Å². The molecule has 0 aliphatic rings. The molecule has 1 nitrogen and oxygen atoms in total. The molecule has 0 atom stereocenters. The lowest BCUT2D eigenvalue weighted by atomic mass is 10.4. The molecule has 0 aliphatic heterocycles. The van der Waals surface area contributed by atoms with E-state index in [1.165, 1.54) is 6.20 Å². The zero-order chi connectivity index (χ0) is 9.90. The number of thiazole rings is 1. The number of alkyl halides is 3. The lowest BCUT2D eigenvalue weighted by Crippen LogP contribution is -2.10. The van der Waals surface area contributed by atoms with Gasteiger partial charge in [-0.2, -0.15) is 13.2 Å². The van der Waals surface area contributed by atoms with Gasteiger partial charge in [0.2, 0.25) is 0 Å². The van der Waals surface area contributed by atoms with E-state index in [1.54, 1.807) is 11.1 Å². The van der Waals surface area contributed by atoms with Gasteiger partial charge in [0.1, 0.15) is 5.01 Å². The average molecular weight is 272 g/mol. The topological polar surface area (TPSA) is 12.9 Å². The van der Waals surface area contributed by atoms with E-state index in [2.05, 4.69) is 20.9 Å². The molecule has 0 aromatic carbocycles. The van der Waals surface area contributed by atoms with Gasteiger partial charge in [0.25, 0.3) is 0 Å². The van der Waals surface area contributed by atoms with E-state index in [1.807, 2.05) is 0 Å². The molecule has 1 rings (SSSR count). The summed E-state index contributed by atoms with van der Waals surface area (Å²) in [4.78, 5) is 5.93. The Hall–Kier alpha value is -0.360. The largest absolute Gasteiger partial charge is 0.395 e. The van der Waals surface area contributed by atoms with Crippen molar-refractivity contribution in [3.63, 3.8) is 0 Å². The Morgan fingerprint density at radius 1 is 1.54 bits per heavy atom. The maximum absolute atomic E-state index is 11.9. The SMILES string of the molecule is FC(F)(F)Cc1ncc(/C=C/Br)s1. The van der Waals surface area contributed by atoms with Gasteiger partial charge in [0.15, 0.2) is 0 Å². The van der Waals surface area contributed by atoms with Crippen LogP contribution < -0.4 is 0 Å². The second kappa shape index (κ2) is 4.23. The Labute approximate surface area is 85.4 Å². The summed E-state index contributed by atoms with van der Waals surface area (Å²) in [5.41, 5.74) is 0. The third-order valence-electron chi connectivity index (χ3n) is 1.15. The van der Waals surface area contributed by atoms with Gasteiger partial charge in [-0.25, -0.2) is 4.98 Å². The van der Waals surface area contributed by atoms with Gasteiger partial charge in [0, 0.05) is 11.1 Å². The van der Waals surface area contributed by atoms with Gasteiger partial charge < -0.3 is 0 Å². The van der Waals surface area contributed by atoms with Crippen LogP contribution in [0.5, 0.6) is 0 Å². The van der Waals surface area contributed by atoms with Gasteiger partial charge in [-0.15, -0.1) is 11.3 Å². The maximum atomic E-state index is 11.9. The number of halogens is 4.